The van der Waals surface area contributed by atoms with Gasteiger partial charge in [-0.05, 0) is 56.7 Å². The zero-order chi connectivity index (χ0) is 14.8. The lowest BCUT2D eigenvalue weighted by Crippen LogP contribution is -2.54. The Morgan fingerprint density at radius 3 is 2.70 bits per heavy atom. The molecule has 3 nitrogen and oxygen atoms in total. The molecule has 1 aromatic carbocycles. The molecule has 1 aliphatic rings. The van der Waals surface area contributed by atoms with E-state index in [-0.39, 0.29) is 5.91 Å². The lowest BCUT2D eigenvalue weighted by Gasteiger charge is -2.34. The number of carbonyl (C=O) groups is 1. The molecule has 2 rings (SSSR count). The number of benzene rings is 1. The number of carbonyl (C=O) groups excluding carboxylic acids is 1. The van der Waals surface area contributed by atoms with E-state index in [1.54, 1.807) is 0 Å². The highest BCUT2D eigenvalue weighted by molar-refractivity contribution is 5.99. The summed E-state index contributed by atoms with van der Waals surface area (Å²) in [7, 11) is 0. The molecule has 1 aliphatic heterocycles. The minimum Gasteiger partial charge on any atom is -0.324 e. The van der Waals surface area contributed by atoms with Gasteiger partial charge in [-0.2, -0.15) is 0 Å². The highest BCUT2D eigenvalue weighted by Crippen LogP contribution is 2.29. The maximum absolute atomic E-state index is 12.6. The third kappa shape index (κ3) is 3.04. The Morgan fingerprint density at radius 2 is 2.10 bits per heavy atom. The van der Waals surface area contributed by atoms with Gasteiger partial charge in [0, 0.05) is 5.69 Å². The summed E-state index contributed by atoms with van der Waals surface area (Å²) in [4.78, 5) is 12.6. The largest absolute Gasteiger partial charge is 0.324 e. The van der Waals surface area contributed by atoms with Crippen LogP contribution < -0.4 is 10.6 Å². The van der Waals surface area contributed by atoms with Gasteiger partial charge in [0.05, 0.1) is 5.54 Å². The molecule has 1 fully saturated rings. The first kappa shape index (κ1) is 15.0. The number of rotatable bonds is 3. The maximum Gasteiger partial charge on any atom is 0.244 e. The molecule has 20 heavy (non-hydrogen) atoms. The molecule has 0 aliphatic carbocycles. The molecule has 3 heteroatoms. The van der Waals surface area contributed by atoms with Crippen LogP contribution in [0.5, 0.6) is 0 Å². The molecule has 110 valence electrons. The summed E-state index contributed by atoms with van der Waals surface area (Å²) in [6.07, 6.45) is 3.17. The highest BCUT2D eigenvalue weighted by Gasteiger charge is 2.34. The molecular weight excluding hydrogens is 248 g/mol. The van der Waals surface area contributed by atoms with Gasteiger partial charge in [-0.3, -0.25) is 4.79 Å². The minimum atomic E-state index is -0.436. The van der Waals surface area contributed by atoms with Crippen molar-refractivity contribution in [3.05, 3.63) is 29.3 Å². The Hall–Kier alpha value is -1.35. The average Bonchev–Trinajstić information content (AvgIpc) is 2.41. The van der Waals surface area contributed by atoms with E-state index in [0.717, 1.165) is 37.1 Å². The lowest BCUT2D eigenvalue weighted by atomic mass is 9.89. The summed E-state index contributed by atoms with van der Waals surface area (Å²) in [6.45, 7) is 9.30. The van der Waals surface area contributed by atoms with Crippen molar-refractivity contribution in [1.29, 1.82) is 0 Å². The summed E-state index contributed by atoms with van der Waals surface area (Å²) in [5.41, 5.74) is 2.89. The molecule has 0 aromatic heterocycles. The molecule has 2 N–H and O–H groups in total. The van der Waals surface area contributed by atoms with Gasteiger partial charge < -0.3 is 10.6 Å². The quantitative estimate of drug-likeness (QED) is 0.884. The molecule has 1 saturated heterocycles. The summed E-state index contributed by atoms with van der Waals surface area (Å²) in [5, 5.41) is 6.54. The molecule has 0 saturated carbocycles. The molecule has 0 bridgehead atoms. The number of amides is 1. The van der Waals surface area contributed by atoms with Crippen LogP contribution in [0.1, 0.15) is 57.1 Å². The van der Waals surface area contributed by atoms with E-state index < -0.39 is 5.54 Å². The van der Waals surface area contributed by atoms with Crippen LogP contribution in [0.2, 0.25) is 0 Å². The van der Waals surface area contributed by atoms with Crippen LogP contribution in [-0.4, -0.2) is 18.0 Å². The fraction of sp³-hybridized carbons (Fsp3) is 0.588. The Kier molecular flexibility index (Phi) is 4.48. The van der Waals surface area contributed by atoms with Crippen LogP contribution in [0.3, 0.4) is 0 Å². The van der Waals surface area contributed by atoms with Crippen LogP contribution in [-0.2, 0) is 4.79 Å². The highest BCUT2D eigenvalue weighted by atomic mass is 16.2. The third-order valence-corrected chi connectivity index (χ3v) is 4.29. The van der Waals surface area contributed by atoms with Crippen molar-refractivity contribution in [2.24, 2.45) is 0 Å². The van der Waals surface area contributed by atoms with Gasteiger partial charge in [-0.15, -0.1) is 0 Å². The number of aryl methyl sites for hydroxylation is 1. The van der Waals surface area contributed by atoms with E-state index >= 15 is 0 Å². The van der Waals surface area contributed by atoms with Gasteiger partial charge in [-0.1, -0.05) is 32.0 Å². The van der Waals surface area contributed by atoms with Crippen molar-refractivity contribution >= 4 is 11.6 Å². The fourth-order valence-corrected chi connectivity index (χ4v) is 2.84. The molecule has 1 heterocycles. The topological polar surface area (TPSA) is 41.1 Å². The first-order chi connectivity index (χ1) is 9.44. The number of para-hydroxylation sites is 1. The van der Waals surface area contributed by atoms with E-state index in [1.807, 2.05) is 6.92 Å². The molecule has 1 atom stereocenters. The second-order valence-electron chi connectivity index (χ2n) is 6.36. The zero-order valence-electron chi connectivity index (χ0n) is 13.0. The van der Waals surface area contributed by atoms with Crippen LogP contribution in [0, 0.1) is 6.92 Å². The maximum atomic E-state index is 12.6. The number of hydrogen-bond donors (Lipinski definition) is 2. The Labute approximate surface area is 122 Å². The predicted molar refractivity (Wildman–Crippen MR) is 84.2 cm³/mol. The Bertz CT molecular complexity index is 488. The minimum absolute atomic E-state index is 0.0911. The number of piperidine rings is 1. The Morgan fingerprint density at radius 1 is 1.35 bits per heavy atom. The third-order valence-electron chi connectivity index (χ3n) is 4.29. The second-order valence-corrected chi connectivity index (χ2v) is 6.36. The van der Waals surface area contributed by atoms with Crippen LogP contribution >= 0.6 is 0 Å². The van der Waals surface area contributed by atoms with E-state index in [1.165, 1.54) is 5.56 Å². The van der Waals surface area contributed by atoms with Crippen molar-refractivity contribution in [3.63, 3.8) is 0 Å². The van der Waals surface area contributed by atoms with E-state index in [2.05, 4.69) is 49.6 Å². The fourth-order valence-electron chi connectivity index (χ4n) is 2.84. The average molecular weight is 274 g/mol. The summed E-state index contributed by atoms with van der Waals surface area (Å²) in [6, 6.07) is 6.21. The van der Waals surface area contributed by atoms with Crippen molar-refractivity contribution in [2.75, 3.05) is 11.9 Å². The van der Waals surface area contributed by atoms with E-state index in [4.69, 9.17) is 0 Å². The van der Waals surface area contributed by atoms with Crippen molar-refractivity contribution in [1.82, 2.24) is 5.32 Å². The van der Waals surface area contributed by atoms with Crippen molar-refractivity contribution in [2.45, 2.75) is 58.4 Å². The van der Waals surface area contributed by atoms with Gasteiger partial charge >= 0.3 is 0 Å². The molecule has 1 aromatic rings. The van der Waals surface area contributed by atoms with Gasteiger partial charge in [0.25, 0.3) is 0 Å². The monoisotopic (exact) mass is 274 g/mol. The normalized spacial score (nSPS) is 22.9. The summed E-state index contributed by atoms with van der Waals surface area (Å²) in [5.74, 6) is 0.491. The second kappa shape index (κ2) is 5.96. The SMILES string of the molecule is Cc1cccc(C(C)C)c1NC(=O)C1(C)CCCCN1. The smallest absolute Gasteiger partial charge is 0.244 e. The molecule has 1 amide bonds. The van der Waals surface area contributed by atoms with Gasteiger partial charge in [0.15, 0.2) is 0 Å². The first-order valence-electron chi connectivity index (χ1n) is 7.60. The zero-order valence-corrected chi connectivity index (χ0v) is 13.0. The molecule has 1 unspecified atom stereocenters. The standard InChI is InChI=1S/C17H26N2O/c1-12(2)14-9-7-8-13(3)15(14)19-16(20)17(4)10-5-6-11-18-17/h7-9,12,18H,5-6,10-11H2,1-4H3,(H,19,20). The number of hydrogen-bond acceptors (Lipinski definition) is 2. The predicted octanol–water partition coefficient (Wildman–Crippen LogP) is 3.59. The molecular formula is C17H26N2O. The van der Waals surface area contributed by atoms with Gasteiger partial charge in [0.2, 0.25) is 5.91 Å². The van der Waals surface area contributed by atoms with E-state index in [9.17, 15) is 4.79 Å². The van der Waals surface area contributed by atoms with Gasteiger partial charge in [0.1, 0.15) is 0 Å². The summed E-state index contributed by atoms with van der Waals surface area (Å²) < 4.78 is 0. The lowest BCUT2D eigenvalue weighted by molar-refractivity contribution is -0.122. The first-order valence-corrected chi connectivity index (χ1v) is 7.60. The van der Waals surface area contributed by atoms with Crippen LogP contribution in [0.25, 0.3) is 0 Å². The van der Waals surface area contributed by atoms with Crippen molar-refractivity contribution in [3.8, 4) is 0 Å². The van der Waals surface area contributed by atoms with Crippen LogP contribution in [0.15, 0.2) is 18.2 Å². The number of anilines is 1. The molecule has 0 radical (unpaired) electrons. The summed E-state index contributed by atoms with van der Waals surface area (Å²) >= 11 is 0. The van der Waals surface area contributed by atoms with E-state index in [0.29, 0.717) is 5.92 Å². The number of nitrogens with one attached hydrogen (secondary N) is 2. The Balaban J connectivity index is 2.23. The van der Waals surface area contributed by atoms with Gasteiger partial charge in [-0.25, -0.2) is 0 Å². The molecule has 0 spiro atoms. The van der Waals surface area contributed by atoms with Crippen molar-refractivity contribution < 1.29 is 4.79 Å². The van der Waals surface area contributed by atoms with Crippen LogP contribution in [0.4, 0.5) is 5.69 Å².